The van der Waals surface area contributed by atoms with Gasteiger partial charge in [0.05, 0.1) is 5.92 Å². The Kier molecular flexibility index (Phi) is 5.91. The zero-order chi connectivity index (χ0) is 22.9. The molecule has 0 saturated heterocycles. The first-order chi connectivity index (χ1) is 15.3. The van der Waals surface area contributed by atoms with Gasteiger partial charge in [0.2, 0.25) is 5.91 Å². The number of amides is 2. The van der Waals surface area contributed by atoms with Crippen LogP contribution in [0.5, 0.6) is 0 Å². The molecule has 0 bridgehead atoms. The Morgan fingerprint density at radius 1 is 1.09 bits per heavy atom. The molecule has 1 fully saturated rings. The van der Waals surface area contributed by atoms with Crippen molar-refractivity contribution in [3.63, 3.8) is 0 Å². The summed E-state index contributed by atoms with van der Waals surface area (Å²) in [6.07, 6.45) is 1.22. The smallest absolute Gasteiger partial charge is 0.408 e. The Bertz CT molecular complexity index is 1000. The van der Waals surface area contributed by atoms with Crippen molar-refractivity contribution in [3.05, 3.63) is 59.7 Å². The number of carboxylic acid groups (broad SMARTS) is 1. The molecule has 0 aromatic heterocycles. The molecule has 4 rings (SSSR count). The summed E-state index contributed by atoms with van der Waals surface area (Å²) in [6, 6.07) is 16.2. The summed E-state index contributed by atoms with van der Waals surface area (Å²) in [4.78, 5) is 38.2. The maximum atomic E-state index is 13.0. The molecule has 2 aromatic rings. The van der Waals surface area contributed by atoms with Gasteiger partial charge in [0.1, 0.15) is 12.1 Å². The molecule has 2 aliphatic rings. The summed E-state index contributed by atoms with van der Waals surface area (Å²) >= 11 is 0. The number of hydrogen-bond acceptors (Lipinski definition) is 4. The molecule has 2 N–H and O–H groups in total. The van der Waals surface area contributed by atoms with Crippen LogP contribution in [0.15, 0.2) is 48.5 Å². The largest absolute Gasteiger partial charge is 0.481 e. The normalized spacial score (nSPS) is 16.8. The molecule has 2 aliphatic carbocycles. The van der Waals surface area contributed by atoms with Crippen LogP contribution in [0.1, 0.15) is 43.2 Å². The summed E-state index contributed by atoms with van der Waals surface area (Å²) in [5, 5.41) is 11.9. The van der Waals surface area contributed by atoms with E-state index >= 15 is 0 Å². The van der Waals surface area contributed by atoms with Crippen LogP contribution < -0.4 is 5.32 Å². The van der Waals surface area contributed by atoms with Crippen LogP contribution in [-0.4, -0.2) is 53.7 Å². The number of ether oxygens (including phenoxy) is 1. The Hall–Kier alpha value is -3.35. The quantitative estimate of drug-likeness (QED) is 0.691. The molecule has 32 heavy (non-hydrogen) atoms. The van der Waals surface area contributed by atoms with E-state index in [0.29, 0.717) is 12.8 Å². The molecule has 1 saturated carbocycles. The highest BCUT2D eigenvalue weighted by atomic mass is 16.5. The minimum atomic E-state index is -1.02. The minimum Gasteiger partial charge on any atom is -0.481 e. The Balaban J connectivity index is 1.41. The van der Waals surface area contributed by atoms with Crippen molar-refractivity contribution in [2.24, 2.45) is 5.92 Å². The first-order valence-corrected chi connectivity index (χ1v) is 10.9. The van der Waals surface area contributed by atoms with Crippen molar-refractivity contribution >= 4 is 18.0 Å². The van der Waals surface area contributed by atoms with E-state index < -0.39 is 23.5 Å². The van der Waals surface area contributed by atoms with Crippen molar-refractivity contribution in [3.8, 4) is 11.1 Å². The molecule has 7 nitrogen and oxygen atoms in total. The fourth-order valence-corrected chi connectivity index (χ4v) is 4.69. The van der Waals surface area contributed by atoms with Crippen LogP contribution in [0.3, 0.4) is 0 Å². The molecule has 2 aromatic carbocycles. The van der Waals surface area contributed by atoms with Gasteiger partial charge >= 0.3 is 12.1 Å². The maximum Gasteiger partial charge on any atom is 0.408 e. The van der Waals surface area contributed by atoms with Gasteiger partial charge in [0.15, 0.2) is 0 Å². The third kappa shape index (κ3) is 3.95. The zero-order valence-corrected chi connectivity index (χ0v) is 18.3. The van der Waals surface area contributed by atoms with E-state index in [0.717, 1.165) is 28.7 Å². The van der Waals surface area contributed by atoms with E-state index in [1.807, 2.05) is 24.3 Å². The lowest BCUT2D eigenvalue weighted by atomic mass is 9.75. The van der Waals surface area contributed by atoms with Gasteiger partial charge < -0.3 is 20.1 Å². The molecule has 1 unspecified atom stereocenters. The summed E-state index contributed by atoms with van der Waals surface area (Å²) in [7, 11) is 1.57. The molecule has 1 atom stereocenters. The second kappa shape index (κ2) is 8.65. The monoisotopic (exact) mass is 436 g/mol. The number of carbonyl (C=O) groups excluding carboxylic acids is 2. The second-order valence-electron chi connectivity index (χ2n) is 8.81. The van der Waals surface area contributed by atoms with Crippen LogP contribution in [0.4, 0.5) is 4.79 Å². The van der Waals surface area contributed by atoms with Crippen molar-refractivity contribution in [1.29, 1.82) is 0 Å². The van der Waals surface area contributed by atoms with Crippen LogP contribution >= 0.6 is 0 Å². The maximum absolute atomic E-state index is 13.0. The van der Waals surface area contributed by atoms with Gasteiger partial charge in [-0.25, -0.2) is 4.79 Å². The number of fused-ring (bicyclic) bond motifs is 3. The summed E-state index contributed by atoms with van der Waals surface area (Å²) < 4.78 is 5.61. The van der Waals surface area contributed by atoms with Crippen molar-refractivity contribution in [1.82, 2.24) is 10.2 Å². The molecule has 0 spiro atoms. The van der Waals surface area contributed by atoms with Crippen molar-refractivity contribution < 1.29 is 24.2 Å². The number of carboxylic acids is 1. The van der Waals surface area contributed by atoms with E-state index in [1.54, 1.807) is 14.0 Å². The first kappa shape index (κ1) is 21.9. The first-order valence-electron chi connectivity index (χ1n) is 10.9. The van der Waals surface area contributed by atoms with Gasteiger partial charge in [-0.05, 0) is 41.5 Å². The average molecular weight is 437 g/mol. The standard InChI is InChI=1S/C25H28N2O5/c1-16(22(28)29)14-27(2)23(30)25(12-7-13-25)26-24(31)32-15-21-19-10-5-3-8-17(19)18-9-4-6-11-20(18)21/h3-6,8-11,16,21H,7,12-15H2,1-2H3,(H,26,31)(H,28,29). The van der Waals surface area contributed by atoms with E-state index in [4.69, 9.17) is 9.84 Å². The van der Waals surface area contributed by atoms with Crippen molar-refractivity contribution in [2.75, 3.05) is 20.2 Å². The summed E-state index contributed by atoms with van der Waals surface area (Å²) in [5.74, 6) is -1.97. The van der Waals surface area contributed by atoms with Gasteiger partial charge in [0.25, 0.3) is 0 Å². The van der Waals surface area contributed by atoms with Gasteiger partial charge in [-0.3, -0.25) is 9.59 Å². The molecule has 0 radical (unpaired) electrons. The number of likely N-dealkylation sites (N-methyl/N-ethyl adjacent to an activating group) is 1. The molecular weight excluding hydrogens is 408 g/mol. The number of rotatable bonds is 7. The molecular formula is C25H28N2O5. The van der Waals surface area contributed by atoms with Crippen LogP contribution in [0.2, 0.25) is 0 Å². The SMILES string of the molecule is CC(CN(C)C(=O)C1(NC(=O)OCC2c3ccccc3-c3ccccc32)CCC1)C(=O)O. The van der Waals surface area contributed by atoms with Gasteiger partial charge in [-0.1, -0.05) is 55.5 Å². The zero-order valence-electron chi connectivity index (χ0n) is 18.3. The van der Waals surface area contributed by atoms with Crippen LogP contribution in [0, 0.1) is 5.92 Å². The topological polar surface area (TPSA) is 95.9 Å². The number of aliphatic carboxylic acids is 1. The lowest BCUT2D eigenvalue weighted by Gasteiger charge is -2.42. The van der Waals surface area contributed by atoms with E-state index in [2.05, 4.69) is 29.6 Å². The highest BCUT2D eigenvalue weighted by molar-refractivity contribution is 5.91. The van der Waals surface area contributed by atoms with Crippen LogP contribution in [0.25, 0.3) is 11.1 Å². The number of hydrogen-bond donors (Lipinski definition) is 2. The number of nitrogens with zero attached hydrogens (tertiary/aromatic N) is 1. The number of carbonyl (C=O) groups is 3. The highest BCUT2D eigenvalue weighted by Gasteiger charge is 2.47. The average Bonchev–Trinajstić information content (AvgIpc) is 3.08. The van der Waals surface area contributed by atoms with Gasteiger partial charge in [-0.2, -0.15) is 0 Å². The molecule has 0 aliphatic heterocycles. The third-order valence-electron chi connectivity index (χ3n) is 6.62. The van der Waals surface area contributed by atoms with Crippen LogP contribution in [-0.2, 0) is 14.3 Å². The lowest BCUT2D eigenvalue weighted by molar-refractivity contribution is -0.145. The Morgan fingerprint density at radius 2 is 1.66 bits per heavy atom. The van der Waals surface area contributed by atoms with E-state index in [-0.39, 0.29) is 25.0 Å². The molecule has 168 valence electrons. The molecule has 2 amide bonds. The van der Waals surface area contributed by atoms with Gasteiger partial charge in [0, 0.05) is 19.5 Å². The number of nitrogens with one attached hydrogen (secondary N) is 1. The summed E-state index contributed by atoms with van der Waals surface area (Å²) in [6.45, 7) is 1.82. The van der Waals surface area contributed by atoms with E-state index in [9.17, 15) is 14.4 Å². The predicted molar refractivity (Wildman–Crippen MR) is 119 cm³/mol. The molecule has 0 heterocycles. The Morgan fingerprint density at radius 3 is 2.16 bits per heavy atom. The summed E-state index contributed by atoms with van der Waals surface area (Å²) in [5.41, 5.74) is 3.53. The second-order valence-corrected chi connectivity index (χ2v) is 8.81. The number of alkyl carbamates (subject to hydrolysis) is 1. The molecule has 7 heteroatoms. The van der Waals surface area contributed by atoms with Gasteiger partial charge in [-0.15, -0.1) is 0 Å². The Labute approximate surface area is 187 Å². The third-order valence-corrected chi connectivity index (χ3v) is 6.62. The van der Waals surface area contributed by atoms with E-state index in [1.165, 1.54) is 4.90 Å². The lowest BCUT2D eigenvalue weighted by Crippen LogP contribution is -2.63. The highest BCUT2D eigenvalue weighted by Crippen LogP contribution is 2.44. The predicted octanol–water partition coefficient (Wildman–Crippen LogP) is 3.63. The number of benzene rings is 2. The van der Waals surface area contributed by atoms with Crippen molar-refractivity contribution in [2.45, 2.75) is 37.6 Å². The fraction of sp³-hybridized carbons (Fsp3) is 0.400. The minimum absolute atomic E-state index is 0.0553. The fourth-order valence-electron chi connectivity index (χ4n) is 4.69.